The molecule has 0 aromatic carbocycles. The normalized spacial score (nSPS) is 10.5. The Morgan fingerprint density at radius 3 is 2.82 bits per heavy atom. The van der Waals surface area contributed by atoms with Gasteiger partial charge in [0.15, 0.2) is 0 Å². The van der Waals surface area contributed by atoms with E-state index >= 15 is 0 Å². The van der Waals surface area contributed by atoms with Crippen molar-refractivity contribution >= 4 is 23.2 Å². The first-order valence-electron chi connectivity index (χ1n) is 5.09. The number of nitrogens with zero attached hydrogens (tertiary/aromatic N) is 1. The molecular weight excluding hydrogens is 244 g/mol. The number of carbonyl (C=O) groups excluding carboxylic acids is 1. The molecule has 0 saturated heterocycles. The number of rotatable bonds is 6. The molecule has 1 amide bonds. The lowest BCUT2D eigenvalue weighted by Crippen LogP contribution is -2.28. The maximum absolute atomic E-state index is 11.5. The van der Waals surface area contributed by atoms with Gasteiger partial charge in [0.25, 0.3) is 5.91 Å². The third-order valence-corrected chi connectivity index (χ3v) is 2.59. The SMILES string of the molecule is CC(C)OCCNC(=O)c1csc(C(=O)O)n1. The molecule has 0 spiro atoms. The van der Waals surface area contributed by atoms with E-state index in [2.05, 4.69) is 10.3 Å². The summed E-state index contributed by atoms with van der Waals surface area (Å²) in [4.78, 5) is 25.8. The summed E-state index contributed by atoms with van der Waals surface area (Å²) >= 11 is 0.927. The zero-order valence-electron chi connectivity index (χ0n) is 9.60. The monoisotopic (exact) mass is 258 g/mol. The highest BCUT2D eigenvalue weighted by molar-refractivity contribution is 7.11. The maximum atomic E-state index is 11.5. The fourth-order valence-electron chi connectivity index (χ4n) is 1.03. The van der Waals surface area contributed by atoms with E-state index in [1.165, 1.54) is 5.38 Å². The highest BCUT2D eigenvalue weighted by atomic mass is 32.1. The van der Waals surface area contributed by atoms with E-state index < -0.39 is 5.97 Å². The summed E-state index contributed by atoms with van der Waals surface area (Å²) in [6.07, 6.45) is 0.116. The van der Waals surface area contributed by atoms with Crippen molar-refractivity contribution in [1.82, 2.24) is 10.3 Å². The van der Waals surface area contributed by atoms with Gasteiger partial charge in [-0.25, -0.2) is 9.78 Å². The molecule has 1 rings (SSSR count). The number of aromatic carboxylic acids is 1. The molecule has 94 valence electrons. The fourth-order valence-corrected chi connectivity index (χ4v) is 1.66. The Morgan fingerprint density at radius 1 is 1.59 bits per heavy atom. The van der Waals surface area contributed by atoms with Gasteiger partial charge in [0.05, 0.1) is 12.7 Å². The van der Waals surface area contributed by atoms with Gasteiger partial charge >= 0.3 is 5.97 Å². The van der Waals surface area contributed by atoms with E-state index in [4.69, 9.17) is 9.84 Å². The van der Waals surface area contributed by atoms with E-state index in [-0.39, 0.29) is 22.7 Å². The number of carboxylic acid groups (broad SMARTS) is 1. The first kappa shape index (κ1) is 13.6. The van der Waals surface area contributed by atoms with Gasteiger partial charge in [-0.05, 0) is 13.8 Å². The zero-order valence-corrected chi connectivity index (χ0v) is 10.4. The Labute approximate surface area is 103 Å². The number of carbonyl (C=O) groups is 2. The van der Waals surface area contributed by atoms with Crippen LogP contribution in [0.1, 0.15) is 34.1 Å². The number of hydrogen-bond donors (Lipinski definition) is 2. The fraction of sp³-hybridized carbons (Fsp3) is 0.500. The number of ether oxygens (including phenoxy) is 1. The molecular formula is C10H14N2O4S. The van der Waals surface area contributed by atoms with Crippen molar-refractivity contribution in [1.29, 1.82) is 0 Å². The van der Waals surface area contributed by atoms with Crippen LogP contribution in [0.15, 0.2) is 5.38 Å². The van der Waals surface area contributed by atoms with Crippen LogP contribution in [0.5, 0.6) is 0 Å². The first-order chi connectivity index (χ1) is 8.00. The second kappa shape index (κ2) is 6.31. The Bertz CT molecular complexity index is 403. The second-order valence-corrected chi connectivity index (χ2v) is 4.38. The number of nitrogens with one attached hydrogen (secondary N) is 1. The molecule has 17 heavy (non-hydrogen) atoms. The third kappa shape index (κ3) is 4.49. The lowest BCUT2D eigenvalue weighted by Gasteiger charge is -2.07. The minimum absolute atomic E-state index is 0.0893. The highest BCUT2D eigenvalue weighted by Crippen LogP contribution is 2.09. The standard InChI is InChI=1S/C10H14N2O4S/c1-6(2)16-4-3-11-8(13)7-5-17-9(12-7)10(14)15/h5-6H,3-4H2,1-2H3,(H,11,13)(H,14,15). The van der Waals surface area contributed by atoms with Crippen LogP contribution in [-0.4, -0.2) is 41.2 Å². The predicted octanol–water partition coefficient (Wildman–Crippen LogP) is 0.996. The zero-order chi connectivity index (χ0) is 12.8. The number of amides is 1. The Balaban J connectivity index is 2.39. The number of aromatic nitrogens is 1. The summed E-state index contributed by atoms with van der Waals surface area (Å²) in [7, 11) is 0. The minimum atomic E-state index is -1.13. The summed E-state index contributed by atoms with van der Waals surface area (Å²) in [6.45, 7) is 4.60. The third-order valence-electron chi connectivity index (χ3n) is 1.76. The van der Waals surface area contributed by atoms with E-state index in [1.807, 2.05) is 13.8 Å². The van der Waals surface area contributed by atoms with Gasteiger partial charge < -0.3 is 15.2 Å². The molecule has 0 aliphatic heterocycles. The summed E-state index contributed by atoms with van der Waals surface area (Å²) in [6, 6.07) is 0. The molecule has 1 heterocycles. The van der Waals surface area contributed by atoms with Crippen molar-refractivity contribution in [3.8, 4) is 0 Å². The van der Waals surface area contributed by atoms with E-state index in [0.717, 1.165) is 11.3 Å². The molecule has 7 heteroatoms. The smallest absolute Gasteiger partial charge is 0.365 e. The van der Waals surface area contributed by atoms with Gasteiger partial charge in [-0.3, -0.25) is 4.79 Å². The van der Waals surface area contributed by atoms with Gasteiger partial charge in [0.1, 0.15) is 5.69 Å². The van der Waals surface area contributed by atoms with Crippen LogP contribution in [0, 0.1) is 0 Å². The van der Waals surface area contributed by atoms with Gasteiger partial charge in [0, 0.05) is 11.9 Å². The summed E-state index contributed by atoms with van der Waals surface area (Å²) < 4.78 is 5.24. The Kier molecular flexibility index (Phi) is 5.05. The van der Waals surface area contributed by atoms with Crippen molar-refractivity contribution in [2.45, 2.75) is 20.0 Å². The Morgan fingerprint density at radius 2 is 2.29 bits per heavy atom. The lowest BCUT2D eigenvalue weighted by atomic mass is 10.4. The van der Waals surface area contributed by atoms with Crippen LogP contribution < -0.4 is 5.32 Å². The molecule has 0 saturated carbocycles. The van der Waals surface area contributed by atoms with Crippen LogP contribution in [0.2, 0.25) is 0 Å². The lowest BCUT2D eigenvalue weighted by molar-refractivity contribution is 0.0695. The van der Waals surface area contributed by atoms with Gasteiger partial charge in [-0.1, -0.05) is 0 Å². The average Bonchev–Trinajstić information content (AvgIpc) is 2.73. The first-order valence-corrected chi connectivity index (χ1v) is 5.97. The molecule has 0 radical (unpaired) electrons. The van der Waals surface area contributed by atoms with Gasteiger partial charge in [-0.15, -0.1) is 11.3 Å². The second-order valence-electron chi connectivity index (χ2n) is 3.52. The molecule has 0 fully saturated rings. The Hall–Kier alpha value is -1.47. The average molecular weight is 258 g/mol. The largest absolute Gasteiger partial charge is 0.476 e. The number of thiazole rings is 1. The van der Waals surface area contributed by atoms with Crippen molar-refractivity contribution in [3.05, 3.63) is 16.1 Å². The quantitative estimate of drug-likeness (QED) is 0.743. The van der Waals surface area contributed by atoms with E-state index in [0.29, 0.717) is 13.2 Å². The molecule has 1 aromatic heterocycles. The van der Waals surface area contributed by atoms with Crippen LogP contribution in [0.25, 0.3) is 0 Å². The van der Waals surface area contributed by atoms with Crippen molar-refractivity contribution in [3.63, 3.8) is 0 Å². The topological polar surface area (TPSA) is 88.5 Å². The molecule has 1 aromatic rings. The van der Waals surface area contributed by atoms with Crippen LogP contribution in [0.4, 0.5) is 0 Å². The van der Waals surface area contributed by atoms with E-state index in [1.54, 1.807) is 0 Å². The molecule has 0 aliphatic carbocycles. The molecule has 2 N–H and O–H groups in total. The minimum Gasteiger partial charge on any atom is -0.476 e. The number of hydrogen-bond acceptors (Lipinski definition) is 5. The molecule has 6 nitrogen and oxygen atoms in total. The summed E-state index contributed by atoms with van der Waals surface area (Å²) in [5.41, 5.74) is 0.122. The number of carboxylic acids is 1. The van der Waals surface area contributed by atoms with Gasteiger partial charge in [0.2, 0.25) is 5.01 Å². The molecule has 0 unspecified atom stereocenters. The van der Waals surface area contributed by atoms with Crippen LogP contribution in [-0.2, 0) is 4.74 Å². The van der Waals surface area contributed by atoms with Crippen LogP contribution >= 0.6 is 11.3 Å². The van der Waals surface area contributed by atoms with Gasteiger partial charge in [-0.2, -0.15) is 0 Å². The summed E-state index contributed by atoms with van der Waals surface area (Å²) in [5.74, 6) is -1.52. The predicted molar refractivity (Wildman–Crippen MR) is 62.5 cm³/mol. The van der Waals surface area contributed by atoms with Crippen molar-refractivity contribution in [2.24, 2.45) is 0 Å². The van der Waals surface area contributed by atoms with Crippen molar-refractivity contribution < 1.29 is 19.4 Å². The molecule has 0 bridgehead atoms. The van der Waals surface area contributed by atoms with E-state index in [9.17, 15) is 9.59 Å². The van der Waals surface area contributed by atoms with Crippen LogP contribution in [0.3, 0.4) is 0 Å². The highest BCUT2D eigenvalue weighted by Gasteiger charge is 2.13. The molecule has 0 aliphatic rings. The maximum Gasteiger partial charge on any atom is 0.365 e. The van der Waals surface area contributed by atoms with Crippen molar-refractivity contribution in [2.75, 3.05) is 13.2 Å². The molecule has 0 atom stereocenters. The summed E-state index contributed by atoms with van der Waals surface area (Å²) in [5, 5.41) is 12.6.